The van der Waals surface area contributed by atoms with Gasteiger partial charge in [0.2, 0.25) is 0 Å². The van der Waals surface area contributed by atoms with Crippen molar-refractivity contribution in [2.45, 2.75) is 274 Å². The Morgan fingerprint density at radius 2 is 0.867 bits per heavy atom. The molecule has 2 heterocycles. The van der Waals surface area contributed by atoms with Gasteiger partial charge in [-0.05, 0) is 83.5 Å². The first-order valence-corrected chi connectivity index (χ1v) is 29.5. The summed E-state index contributed by atoms with van der Waals surface area (Å²) in [5, 5.41) is 72.4. The summed E-state index contributed by atoms with van der Waals surface area (Å²) in [7, 11) is 0. The van der Waals surface area contributed by atoms with Gasteiger partial charge in [-0.1, -0.05) is 189 Å². The molecule has 2 saturated heterocycles. The van der Waals surface area contributed by atoms with Gasteiger partial charge in [-0.2, -0.15) is 0 Å². The van der Waals surface area contributed by atoms with Crippen LogP contribution < -0.4 is 0 Å². The van der Waals surface area contributed by atoms with E-state index in [2.05, 4.69) is 86.8 Å². The van der Waals surface area contributed by atoms with Crippen LogP contribution in [0, 0.1) is 0 Å². The molecule has 434 valence electrons. The molecule has 2 aliphatic rings. The maximum atomic E-state index is 13.1. The smallest absolute Gasteiger partial charge is 0.306 e. The first-order chi connectivity index (χ1) is 36.6. The number of carbonyl (C=O) groups is 1. The summed E-state index contributed by atoms with van der Waals surface area (Å²) < 4.78 is 34.4. The van der Waals surface area contributed by atoms with E-state index in [0.717, 1.165) is 83.5 Å². The second-order valence-corrected chi connectivity index (χ2v) is 20.4. The monoisotopic (exact) mass is 1060 g/mol. The van der Waals surface area contributed by atoms with Gasteiger partial charge in [0.1, 0.15) is 54.9 Å². The van der Waals surface area contributed by atoms with Gasteiger partial charge < -0.3 is 64.2 Å². The molecule has 0 amide bonds. The molecule has 0 bridgehead atoms. The number of aliphatic hydroxyl groups is 7. The van der Waals surface area contributed by atoms with E-state index in [4.69, 9.17) is 28.4 Å². The fourth-order valence-corrected chi connectivity index (χ4v) is 8.95. The van der Waals surface area contributed by atoms with Gasteiger partial charge >= 0.3 is 5.97 Å². The average molecular weight is 1060 g/mol. The van der Waals surface area contributed by atoms with Crippen molar-refractivity contribution in [2.75, 3.05) is 33.0 Å². The van der Waals surface area contributed by atoms with E-state index in [1.807, 2.05) is 0 Å². The summed E-state index contributed by atoms with van der Waals surface area (Å²) in [6, 6.07) is 0. The van der Waals surface area contributed by atoms with Crippen LogP contribution in [0.5, 0.6) is 0 Å². The Hall–Kier alpha value is -2.57. The highest BCUT2D eigenvalue weighted by atomic mass is 16.7. The van der Waals surface area contributed by atoms with Crippen molar-refractivity contribution in [3.05, 3.63) is 72.9 Å². The van der Waals surface area contributed by atoms with Crippen molar-refractivity contribution in [3.8, 4) is 0 Å². The van der Waals surface area contributed by atoms with Gasteiger partial charge in [0, 0.05) is 13.0 Å². The molecule has 11 atom stereocenters. The normalized spacial score (nSPS) is 25.1. The number of carbonyl (C=O) groups excluding carboxylic acids is 1. The maximum absolute atomic E-state index is 13.1. The molecule has 2 rings (SSSR count). The van der Waals surface area contributed by atoms with Crippen molar-refractivity contribution in [3.63, 3.8) is 0 Å². The van der Waals surface area contributed by atoms with E-state index in [1.54, 1.807) is 0 Å². The lowest BCUT2D eigenvalue weighted by Gasteiger charge is -2.42. The first-order valence-electron chi connectivity index (χ1n) is 29.5. The predicted molar refractivity (Wildman–Crippen MR) is 298 cm³/mol. The van der Waals surface area contributed by atoms with Crippen LogP contribution in [-0.2, 0) is 33.2 Å². The molecule has 11 unspecified atom stereocenters. The summed E-state index contributed by atoms with van der Waals surface area (Å²) in [4.78, 5) is 13.1. The second kappa shape index (κ2) is 47.4. The number of allylic oxidation sites excluding steroid dienone is 12. The number of ether oxygens (including phenoxy) is 6. The van der Waals surface area contributed by atoms with Crippen LogP contribution in [0.15, 0.2) is 72.9 Å². The zero-order chi connectivity index (χ0) is 54.4. The van der Waals surface area contributed by atoms with Crippen LogP contribution in [0.25, 0.3) is 0 Å². The third-order valence-corrected chi connectivity index (χ3v) is 13.7. The molecule has 0 saturated carbocycles. The Morgan fingerprint density at radius 3 is 1.37 bits per heavy atom. The minimum atomic E-state index is -1.72. The Morgan fingerprint density at radius 1 is 0.453 bits per heavy atom. The summed E-state index contributed by atoms with van der Waals surface area (Å²) in [6.45, 7) is 3.52. The number of rotatable bonds is 47. The molecule has 2 fully saturated rings. The third-order valence-electron chi connectivity index (χ3n) is 13.7. The second-order valence-electron chi connectivity index (χ2n) is 20.4. The third kappa shape index (κ3) is 34.1. The van der Waals surface area contributed by atoms with Crippen molar-refractivity contribution in [1.29, 1.82) is 0 Å². The zero-order valence-electron chi connectivity index (χ0n) is 46.5. The lowest BCUT2D eigenvalue weighted by molar-refractivity contribution is -0.332. The minimum absolute atomic E-state index is 0.0407. The topological polar surface area (TPSA) is 214 Å². The van der Waals surface area contributed by atoms with Crippen molar-refractivity contribution < 1.29 is 69.0 Å². The number of hydrogen-bond donors (Lipinski definition) is 7. The number of esters is 1. The van der Waals surface area contributed by atoms with E-state index in [1.165, 1.54) is 96.3 Å². The van der Waals surface area contributed by atoms with Crippen LogP contribution >= 0.6 is 0 Å². The Balaban J connectivity index is 1.73. The molecule has 0 aliphatic carbocycles. The number of aliphatic hydroxyl groups excluding tert-OH is 7. The van der Waals surface area contributed by atoms with Crippen LogP contribution in [-0.4, -0.2) is 142 Å². The summed E-state index contributed by atoms with van der Waals surface area (Å²) in [6.07, 6.45) is 43.9. The Kier molecular flexibility index (Phi) is 43.3. The Bertz CT molecular complexity index is 1510. The average Bonchev–Trinajstić information content (AvgIpc) is 3.41. The molecule has 0 aromatic heterocycles. The van der Waals surface area contributed by atoms with Crippen LogP contribution in [0.2, 0.25) is 0 Å². The van der Waals surface area contributed by atoms with Gasteiger partial charge in [-0.15, -0.1) is 0 Å². The van der Waals surface area contributed by atoms with Crippen molar-refractivity contribution >= 4 is 5.97 Å². The predicted octanol–water partition coefficient (Wildman–Crippen LogP) is 10.6. The molecular formula is C61H106O14. The van der Waals surface area contributed by atoms with E-state index < -0.39 is 80.7 Å². The highest BCUT2D eigenvalue weighted by Crippen LogP contribution is 2.26. The molecule has 14 heteroatoms. The van der Waals surface area contributed by atoms with Crippen molar-refractivity contribution in [1.82, 2.24) is 0 Å². The molecule has 75 heavy (non-hydrogen) atoms. The van der Waals surface area contributed by atoms with Gasteiger partial charge in [-0.3, -0.25) is 4.79 Å². The quantitative estimate of drug-likeness (QED) is 0.0172. The summed E-state index contributed by atoms with van der Waals surface area (Å²) in [5.74, 6) is -0.388. The van der Waals surface area contributed by atoms with E-state index in [9.17, 15) is 40.5 Å². The minimum Gasteiger partial charge on any atom is -0.457 e. The van der Waals surface area contributed by atoms with Gasteiger partial charge in [0.05, 0.1) is 26.4 Å². The SMILES string of the molecule is CC/C=C\C/C=C\C/C=C\C/C=C\C/C=C\CCCCCCOCC(COC1OC(COC2OC(CO)C(O)C(O)C2O)C(O)C(O)C1O)OC(=O)CCCCCCCCCCC/C=C\CCCCCCCCCC. The highest BCUT2D eigenvalue weighted by molar-refractivity contribution is 5.69. The molecule has 7 N–H and O–H groups in total. The molecule has 2 aliphatic heterocycles. The lowest BCUT2D eigenvalue weighted by atomic mass is 9.98. The van der Waals surface area contributed by atoms with Crippen molar-refractivity contribution in [2.24, 2.45) is 0 Å². The van der Waals surface area contributed by atoms with Crippen LogP contribution in [0.4, 0.5) is 0 Å². The zero-order valence-corrected chi connectivity index (χ0v) is 46.5. The number of hydrogen-bond acceptors (Lipinski definition) is 14. The number of unbranched alkanes of at least 4 members (excludes halogenated alkanes) is 21. The molecule has 0 spiro atoms. The van der Waals surface area contributed by atoms with E-state index in [0.29, 0.717) is 13.0 Å². The van der Waals surface area contributed by atoms with E-state index >= 15 is 0 Å². The largest absolute Gasteiger partial charge is 0.457 e. The first kappa shape index (κ1) is 68.5. The molecule has 0 aromatic carbocycles. The van der Waals surface area contributed by atoms with Crippen LogP contribution in [0.1, 0.15) is 206 Å². The lowest BCUT2D eigenvalue weighted by Crippen LogP contribution is -2.61. The molecular weight excluding hydrogens is 957 g/mol. The summed E-state index contributed by atoms with van der Waals surface area (Å²) >= 11 is 0. The van der Waals surface area contributed by atoms with Gasteiger partial charge in [-0.25, -0.2) is 0 Å². The van der Waals surface area contributed by atoms with Gasteiger partial charge in [0.15, 0.2) is 12.6 Å². The standard InChI is InChI=1S/C61H106O14/c1-3-5-7-9-11-13-15-17-19-21-23-25-26-28-30-32-34-36-38-40-42-44-53(63)73-50(47-70-45-43-41-39-37-35-33-31-29-27-24-22-20-18-16-14-12-10-8-6-4-2)48-71-60-59(69)57(67)55(65)52(75-60)49-72-61-58(68)56(66)54(64)51(46-62)74-61/h6,8,12,14,18,20-21,23-24,27,31,33,50-52,54-62,64-69H,3-5,7,9-11,13,15-17,19,22,25-26,28-30,32,34-49H2,1-2H3/b8-6-,14-12-,20-18-,23-21-,27-24-,33-31-. The fraction of sp³-hybridized carbons (Fsp3) is 0.787. The molecule has 0 aromatic rings. The fourth-order valence-electron chi connectivity index (χ4n) is 8.95. The highest BCUT2D eigenvalue weighted by Gasteiger charge is 2.47. The maximum Gasteiger partial charge on any atom is 0.306 e. The van der Waals surface area contributed by atoms with Crippen LogP contribution in [0.3, 0.4) is 0 Å². The van der Waals surface area contributed by atoms with E-state index in [-0.39, 0.29) is 25.6 Å². The Labute approximate surface area is 453 Å². The molecule has 0 radical (unpaired) electrons. The molecule has 14 nitrogen and oxygen atoms in total. The summed E-state index contributed by atoms with van der Waals surface area (Å²) in [5.41, 5.74) is 0. The van der Waals surface area contributed by atoms with Gasteiger partial charge in [0.25, 0.3) is 0 Å².